The van der Waals surface area contributed by atoms with E-state index in [0.29, 0.717) is 0 Å². The average molecular weight is 516 g/mol. The maximum absolute atomic E-state index is 11.2. The summed E-state index contributed by atoms with van der Waals surface area (Å²) in [6.45, 7) is 8.65. The van der Waals surface area contributed by atoms with E-state index in [9.17, 15) is 6.15 Å². The Morgan fingerprint density at radius 2 is 0.714 bits per heavy atom. The van der Waals surface area contributed by atoms with Gasteiger partial charge in [0.2, 0.25) is 0 Å². The molecule has 0 saturated heterocycles. The van der Waals surface area contributed by atoms with Crippen LogP contribution in [0.25, 0.3) is 0 Å². The summed E-state index contributed by atoms with van der Waals surface area (Å²) in [5, 5.41) is 0. The molecule has 3 nitrogen and oxygen atoms in total. The second-order valence-electron chi connectivity index (χ2n) is 5.49. The fourth-order valence-electron chi connectivity index (χ4n) is 1.75. The van der Waals surface area contributed by atoms with Gasteiger partial charge in [0.1, 0.15) is 0 Å². The van der Waals surface area contributed by atoms with Gasteiger partial charge < -0.3 is 5.48 Å². The molecule has 0 heterocycles. The van der Waals surface area contributed by atoms with Crippen LogP contribution in [0.15, 0.2) is 0 Å². The van der Waals surface area contributed by atoms with E-state index in [1.165, 1.54) is 51.4 Å². The van der Waals surface area contributed by atoms with Gasteiger partial charge in [-0.15, -0.1) is 0 Å². The minimum atomic E-state index is -1.99. The van der Waals surface area contributed by atoms with E-state index >= 15 is 0 Å². The van der Waals surface area contributed by atoms with E-state index in [0.717, 1.165) is 17.7 Å². The molecule has 0 radical (unpaired) electrons. The molecule has 21 heavy (non-hydrogen) atoms. The van der Waals surface area contributed by atoms with Crippen LogP contribution in [0.5, 0.6) is 0 Å². The van der Waals surface area contributed by atoms with Crippen molar-refractivity contribution >= 4 is 39.5 Å². The van der Waals surface area contributed by atoms with Crippen molar-refractivity contribution in [3.63, 3.8) is 0 Å². The van der Waals surface area contributed by atoms with Crippen LogP contribution in [0.4, 0.5) is 0 Å². The van der Waals surface area contributed by atoms with Crippen molar-refractivity contribution in [3.05, 3.63) is 0 Å². The molecule has 0 aliphatic rings. The summed E-state index contributed by atoms with van der Waals surface area (Å²) in [5.74, 6) is 0. The smallest absolute Gasteiger partial charge is 0.412 e. The predicted octanol–water partition coefficient (Wildman–Crippen LogP) is 5.19. The minimum Gasteiger partial charge on any atom is -0.412 e. The summed E-state index contributed by atoms with van der Waals surface area (Å²) in [6, 6.07) is 0. The fraction of sp³-hybridized carbons (Fsp3) is 1.00. The summed E-state index contributed by atoms with van der Waals surface area (Å²) in [7, 11) is 0. The first-order valence-electron chi connectivity index (χ1n) is 8.65. The van der Waals surface area contributed by atoms with Crippen LogP contribution in [-0.2, 0) is 6.15 Å². The van der Waals surface area contributed by atoms with Crippen LogP contribution < -0.4 is 0 Å². The zero-order chi connectivity index (χ0) is 15.6. The van der Waals surface area contributed by atoms with Gasteiger partial charge in [0.15, 0.2) is 0 Å². The van der Waals surface area contributed by atoms with Crippen molar-refractivity contribution in [3.8, 4) is 0 Å². The molecule has 2 N–H and O–H groups in total. The number of hydrogen-bond acceptors (Lipinski definition) is 2. The SMILES string of the molecule is CCC[CH2][Sn](=[O])[CH2]CCC.CCC[CH2][Sn](=[O])[CH2]CCC.O. The van der Waals surface area contributed by atoms with Crippen molar-refractivity contribution in [2.45, 2.75) is 96.8 Å². The Balaban J connectivity index is -0.000000295. The van der Waals surface area contributed by atoms with Gasteiger partial charge in [0.25, 0.3) is 0 Å². The van der Waals surface area contributed by atoms with Crippen molar-refractivity contribution in [1.29, 1.82) is 0 Å². The summed E-state index contributed by atoms with van der Waals surface area (Å²) in [5.41, 5.74) is 0. The molecular formula is C16H38O3Sn2. The summed E-state index contributed by atoms with van der Waals surface area (Å²) in [4.78, 5) is 0. The van der Waals surface area contributed by atoms with Crippen LogP contribution in [0.3, 0.4) is 0 Å². The molecule has 0 saturated carbocycles. The molecule has 5 heteroatoms. The van der Waals surface area contributed by atoms with E-state index < -0.39 is 39.5 Å². The topological polar surface area (TPSA) is 65.6 Å². The molecule has 0 unspecified atom stereocenters. The number of unbranched alkanes of at least 4 members (excludes halogenated alkanes) is 4. The van der Waals surface area contributed by atoms with Crippen LogP contribution in [0.1, 0.15) is 79.1 Å². The Bertz CT molecular complexity index is 190. The molecule has 0 bridgehead atoms. The van der Waals surface area contributed by atoms with Crippen molar-refractivity contribution < 1.29 is 11.6 Å². The monoisotopic (exact) mass is 518 g/mol. The minimum absolute atomic E-state index is 0. The zero-order valence-electron chi connectivity index (χ0n) is 14.8. The van der Waals surface area contributed by atoms with E-state index in [-0.39, 0.29) is 5.48 Å². The Morgan fingerprint density at radius 1 is 0.524 bits per heavy atom. The third kappa shape index (κ3) is 26.4. The van der Waals surface area contributed by atoms with Gasteiger partial charge in [0, 0.05) is 0 Å². The number of rotatable bonds is 12. The Morgan fingerprint density at radius 3 is 0.857 bits per heavy atom. The Labute approximate surface area is 147 Å². The molecule has 128 valence electrons. The third-order valence-electron chi connectivity index (χ3n) is 3.24. The van der Waals surface area contributed by atoms with Gasteiger partial charge in [-0.1, -0.05) is 0 Å². The van der Waals surface area contributed by atoms with Gasteiger partial charge in [-0.3, -0.25) is 0 Å². The molecule has 0 aromatic heterocycles. The van der Waals surface area contributed by atoms with Crippen LogP contribution in [0, 0.1) is 0 Å². The molecule has 0 fully saturated rings. The normalized spacial score (nSPS) is 9.33. The Hall–Kier alpha value is 1.16. The molecular weight excluding hydrogens is 478 g/mol. The molecule has 0 rings (SSSR count). The van der Waals surface area contributed by atoms with Crippen LogP contribution >= 0.6 is 0 Å². The van der Waals surface area contributed by atoms with E-state index in [1.54, 1.807) is 0 Å². The second kappa shape index (κ2) is 23.4. The summed E-state index contributed by atoms with van der Waals surface area (Å²) in [6.07, 6.45) is 9.61. The summed E-state index contributed by atoms with van der Waals surface area (Å²) < 4.78 is 26.8. The molecule has 0 amide bonds. The fourth-order valence-corrected chi connectivity index (χ4v) is 11.7. The van der Waals surface area contributed by atoms with Crippen molar-refractivity contribution in [2.24, 2.45) is 0 Å². The maximum Gasteiger partial charge on any atom is -0.412 e. The van der Waals surface area contributed by atoms with E-state index in [4.69, 9.17) is 0 Å². The maximum atomic E-state index is 11.2. The van der Waals surface area contributed by atoms with Gasteiger partial charge in [-0.2, -0.15) is 0 Å². The molecule has 0 aromatic rings. The van der Waals surface area contributed by atoms with Gasteiger partial charge in [0.05, 0.1) is 0 Å². The Kier molecular flexibility index (Phi) is 30.1. The first kappa shape index (κ1) is 27.0. The third-order valence-corrected chi connectivity index (χ3v) is 13.6. The van der Waals surface area contributed by atoms with E-state index in [1.807, 2.05) is 0 Å². The summed E-state index contributed by atoms with van der Waals surface area (Å²) >= 11 is -3.98. The standard InChI is InChI=1S/4C4H9.H2O.2O.2Sn/c4*1-3-4-2;;;;;/h4*1,3-4H2,2H3;1H2;;;;. The largest absolute Gasteiger partial charge is 0.412 e. The second-order valence-corrected chi connectivity index (χ2v) is 17.3. The van der Waals surface area contributed by atoms with Crippen LogP contribution in [0.2, 0.25) is 17.7 Å². The van der Waals surface area contributed by atoms with Gasteiger partial charge in [-0.05, 0) is 0 Å². The van der Waals surface area contributed by atoms with Gasteiger partial charge >= 0.3 is 142 Å². The molecule has 0 aromatic carbocycles. The van der Waals surface area contributed by atoms with Crippen molar-refractivity contribution in [2.75, 3.05) is 0 Å². The molecule has 0 aliphatic heterocycles. The molecule has 0 aliphatic carbocycles. The molecule has 0 atom stereocenters. The van der Waals surface area contributed by atoms with E-state index in [2.05, 4.69) is 27.7 Å². The molecule has 0 spiro atoms. The predicted molar refractivity (Wildman–Crippen MR) is 95.4 cm³/mol. The van der Waals surface area contributed by atoms with Crippen LogP contribution in [-0.4, -0.2) is 45.0 Å². The first-order valence-corrected chi connectivity index (χ1v) is 19.1. The van der Waals surface area contributed by atoms with Crippen molar-refractivity contribution in [1.82, 2.24) is 0 Å². The average Bonchev–Trinajstić information content (AvgIpc) is 2.47. The quantitative estimate of drug-likeness (QED) is 0.336. The van der Waals surface area contributed by atoms with Gasteiger partial charge in [-0.25, -0.2) is 0 Å². The first-order chi connectivity index (χ1) is 9.62. The zero-order valence-corrected chi connectivity index (χ0v) is 20.5. The number of hydrogen-bond donors (Lipinski definition) is 0.